The molecule has 0 aliphatic heterocycles. The van der Waals surface area contributed by atoms with Gasteiger partial charge in [-0.1, -0.05) is 35.3 Å². The van der Waals surface area contributed by atoms with E-state index in [0.717, 1.165) is 12.5 Å². The van der Waals surface area contributed by atoms with Crippen molar-refractivity contribution in [3.8, 4) is 11.1 Å². The van der Waals surface area contributed by atoms with Crippen molar-refractivity contribution in [2.24, 2.45) is 0 Å². The fourth-order valence-corrected chi connectivity index (χ4v) is 4.58. The Bertz CT molecular complexity index is 1030. The zero-order valence-corrected chi connectivity index (χ0v) is 16.8. The Labute approximate surface area is 168 Å². The molecule has 6 nitrogen and oxygen atoms in total. The van der Waals surface area contributed by atoms with Crippen LogP contribution in [-0.2, 0) is 19.9 Å². The summed E-state index contributed by atoms with van der Waals surface area (Å²) in [5.41, 5.74) is 6.77. The fraction of sp³-hybridized carbons (Fsp3) is 0.143. The molecule has 3 N–H and O–H groups in total. The van der Waals surface area contributed by atoms with Crippen LogP contribution in [0.2, 0.25) is 10.0 Å². The number of anilines is 2. The number of sulfonamides is 1. The average Bonchev–Trinajstić information content (AvgIpc) is 2.41. The van der Waals surface area contributed by atoms with Crippen LogP contribution in [0, 0.1) is 0 Å². The van der Waals surface area contributed by atoms with E-state index < -0.39 is 19.9 Å². The molecule has 0 aromatic heterocycles. The van der Waals surface area contributed by atoms with Gasteiger partial charge in [0.1, 0.15) is 0 Å². The first kappa shape index (κ1) is 22.2. The number of rotatable bonds is 4. The van der Waals surface area contributed by atoms with Crippen LogP contribution in [0.3, 0.4) is 0 Å². The summed E-state index contributed by atoms with van der Waals surface area (Å²) >= 11 is 12.2. The van der Waals surface area contributed by atoms with Gasteiger partial charge in [-0.2, -0.15) is 0 Å². The van der Waals surface area contributed by atoms with E-state index in [9.17, 15) is 16.8 Å². The molecule has 2 rings (SSSR count). The Morgan fingerprint density at radius 1 is 1.00 bits per heavy atom. The normalized spacial score (nSPS) is 11.7. The quantitative estimate of drug-likeness (QED) is 0.589. The van der Waals surface area contributed by atoms with Crippen molar-refractivity contribution in [2.75, 3.05) is 23.0 Å². The Hall–Kier alpha value is -0.883. The summed E-state index contributed by atoms with van der Waals surface area (Å²) in [6, 6.07) is 7.50. The van der Waals surface area contributed by atoms with Gasteiger partial charge in [0.2, 0.25) is 10.0 Å². The second-order valence-corrected chi connectivity index (χ2v) is 9.67. The number of nitrogens with one attached hydrogen (secondary N) is 1. The molecule has 0 saturated carbocycles. The third-order valence-electron chi connectivity index (χ3n) is 3.07. The van der Waals surface area contributed by atoms with Crippen molar-refractivity contribution in [1.29, 1.82) is 0 Å². The molecule has 0 saturated heterocycles. The maximum atomic E-state index is 12.2. The van der Waals surface area contributed by atoms with Gasteiger partial charge in [-0.3, -0.25) is 4.72 Å². The summed E-state index contributed by atoms with van der Waals surface area (Å²) in [7, 11) is -7.37. The van der Waals surface area contributed by atoms with Crippen molar-refractivity contribution in [3.05, 3.63) is 40.4 Å². The predicted octanol–water partition coefficient (Wildman–Crippen LogP) is 2.64. The number of benzene rings is 2. The molecule has 0 unspecified atom stereocenters. The Balaban J connectivity index is 0.00000312. The van der Waals surface area contributed by atoms with E-state index in [1.165, 1.54) is 18.2 Å². The molecular formula is C14H14Cl2LiN2O4S2. The Kier molecular flexibility index (Phi) is 6.90. The number of nitrogen functional groups attached to an aromatic ring is 1. The van der Waals surface area contributed by atoms with Crippen LogP contribution < -0.4 is 10.5 Å². The zero-order valence-electron chi connectivity index (χ0n) is 13.7. The number of hydrogen-bond donors (Lipinski definition) is 2. The van der Waals surface area contributed by atoms with Crippen LogP contribution in [-0.4, -0.2) is 48.2 Å². The smallest absolute Gasteiger partial charge is 0.229 e. The first-order valence-electron chi connectivity index (χ1n) is 6.46. The molecule has 0 bridgehead atoms. The molecule has 0 fully saturated rings. The van der Waals surface area contributed by atoms with Crippen LogP contribution in [0.4, 0.5) is 11.4 Å². The van der Waals surface area contributed by atoms with Gasteiger partial charge in [-0.25, -0.2) is 16.8 Å². The minimum absolute atomic E-state index is 0. The Morgan fingerprint density at radius 2 is 1.60 bits per heavy atom. The molecule has 1 radical (unpaired) electrons. The topological polar surface area (TPSA) is 106 Å². The number of halogens is 2. The average molecular weight is 416 g/mol. The van der Waals surface area contributed by atoms with Crippen molar-refractivity contribution in [3.63, 3.8) is 0 Å². The summed E-state index contributed by atoms with van der Waals surface area (Å²) < 4.78 is 49.4. The van der Waals surface area contributed by atoms with Gasteiger partial charge >= 0.3 is 0 Å². The zero-order chi connectivity index (χ0) is 18.3. The molecule has 131 valence electrons. The molecule has 2 aromatic rings. The van der Waals surface area contributed by atoms with Gasteiger partial charge in [0.25, 0.3) is 0 Å². The molecule has 0 amide bonds. The van der Waals surface area contributed by atoms with E-state index in [4.69, 9.17) is 28.9 Å². The van der Waals surface area contributed by atoms with E-state index in [2.05, 4.69) is 4.72 Å². The van der Waals surface area contributed by atoms with Crippen LogP contribution >= 0.6 is 23.2 Å². The van der Waals surface area contributed by atoms with Crippen LogP contribution in [0.5, 0.6) is 0 Å². The summed E-state index contributed by atoms with van der Waals surface area (Å²) in [5.74, 6) is 0. The molecule has 0 aliphatic rings. The number of sulfone groups is 1. The van der Waals surface area contributed by atoms with Gasteiger partial charge in [-0.05, 0) is 23.8 Å². The molecule has 11 heteroatoms. The monoisotopic (exact) mass is 415 g/mol. The SMILES string of the molecule is CS(=O)(=O)Nc1ccc(-c2ccc(N)c(Cl)c2)c(S(C)(=O)=O)c1Cl.[Li]. The molecule has 25 heavy (non-hydrogen) atoms. The second kappa shape index (κ2) is 7.78. The molecule has 0 spiro atoms. The van der Waals surface area contributed by atoms with Crippen molar-refractivity contribution < 1.29 is 16.8 Å². The summed E-state index contributed by atoms with van der Waals surface area (Å²) in [5, 5.41) is 0.0507. The summed E-state index contributed by atoms with van der Waals surface area (Å²) in [6.45, 7) is 0. The minimum atomic E-state index is -3.75. The third-order valence-corrected chi connectivity index (χ3v) is 5.66. The summed E-state index contributed by atoms with van der Waals surface area (Å²) in [6.07, 6.45) is 1.93. The molecule has 0 atom stereocenters. The summed E-state index contributed by atoms with van der Waals surface area (Å²) in [4.78, 5) is -0.196. The fourth-order valence-electron chi connectivity index (χ4n) is 2.12. The number of hydrogen-bond acceptors (Lipinski definition) is 5. The van der Waals surface area contributed by atoms with E-state index >= 15 is 0 Å². The van der Waals surface area contributed by atoms with Crippen molar-refractivity contribution >= 4 is 73.3 Å². The van der Waals surface area contributed by atoms with Crippen LogP contribution in [0.1, 0.15) is 0 Å². The molecule has 0 heterocycles. The van der Waals surface area contributed by atoms with Gasteiger partial charge < -0.3 is 5.73 Å². The van der Waals surface area contributed by atoms with Gasteiger partial charge in [-0.15, -0.1) is 0 Å². The largest absolute Gasteiger partial charge is 0.398 e. The molecular weight excluding hydrogens is 402 g/mol. The van der Waals surface area contributed by atoms with Crippen molar-refractivity contribution in [2.45, 2.75) is 4.90 Å². The maximum Gasteiger partial charge on any atom is 0.229 e. The van der Waals surface area contributed by atoms with Crippen LogP contribution in [0.15, 0.2) is 35.2 Å². The first-order chi connectivity index (χ1) is 10.9. The van der Waals surface area contributed by atoms with Crippen LogP contribution in [0.25, 0.3) is 11.1 Å². The predicted molar refractivity (Wildman–Crippen MR) is 104 cm³/mol. The van der Waals surface area contributed by atoms with E-state index in [0.29, 0.717) is 16.8 Å². The Morgan fingerprint density at radius 3 is 2.08 bits per heavy atom. The second-order valence-electron chi connectivity index (χ2n) is 5.19. The minimum Gasteiger partial charge on any atom is -0.398 e. The first-order valence-corrected chi connectivity index (χ1v) is 11.0. The van der Waals surface area contributed by atoms with E-state index in [1.54, 1.807) is 12.1 Å². The third kappa shape index (κ3) is 5.30. The molecule has 2 aromatic carbocycles. The van der Waals surface area contributed by atoms with E-state index in [1.807, 2.05) is 0 Å². The maximum absolute atomic E-state index is 12.2. The van der Waals surface area contributed by atoms with Crippen molar-refractivity contribution in [1.82, 2.24) is 0 Å². The van der Waals surface area contributed by atoms with Gasteiger partial charge in [0.05, 0.1) is 32.6 Å². The van der Waals surface area contributed by atoms with E-state index in [-0.39, 0.29) is 39.5 Å². The molecule has 0 aliphatic carbocycles. The van der Waals surface area contributed by atoms with Gasteiger partial charge in [0.15, 0.2) is 9.84 Å². The standard InChI is InChI=1S/C14H14Cl2N2O4S2.Li/c1-23(19,20)14-9(8-3-5-11(17)10(15)7-8)4-6-12(13(14)16)18-24(2,21)22;/h3-7,18H,17H2,1-2H3;. The number of nitrogens with two attached hydrogens (primary N) is 1. The van der Waals surface area contributed by atoms with Gasteiger partial charge in [0, 0.05) is 30.7 Å².